The van der Waals surface area contributed by atoms with Gasteiger partial charge in [-0.15, -0.1) is 21.5 Å². The highest BCUT2D eigenvalue weighted by Crippen LogP contribution is 2.27. The molecule has 1 aliphatic carbocycles. The fourth-order valence-electron chi connectivity index (χ4n) is 2.77. The fourth-order valence-corrected chi connectivity index (χ4v) is 3.77. The van der Waals surface area contributed by atoms with Crippen LogP contribution in [0.25, 0.3) is 0 Å². The van der Waals surface area contributed by atoms with E-state index in [1.54, 1.807) is 7.11 Å². The van der Waals surface area contributed by atoms with E-state index < -0.39 is 0 Å². The summed E-state index contributed by atoms with van der Waals surface area (Å²) in [5.41, 5.74) is 0. The van der Waals surface area contributed by atoms with Gasteiger partial charge in [0.15, 0.2) is 0 Å². The van der Waals surface area contributed by atoms with Crippen molar-refractivity contribution in [1.82, 2.24) is 15.5 Å². The largest absolute Gasteiger partial charge is 0.383 e. The number of rotatable bonds is 9. The van der Waals surface area contributed by atoms with E-state index in [9.17, 15) is 0 Å². The van der Waals surface area contributed by atoms with Crippen LogP contribution in [0.5, 0.6) is 0 Å². The van der Waals surface area contributed by atoms with Gasteiger partial charge in [-0.05, 0) is 18.9 Å². The van der Waals surface area contributed by atoms with E-state index in [1.807, 2.05) is 11.3 Å². The van der Waals surface area contributed by atoms with Crippen molar-refractivity contribution in [2.24, 2.45) is 5.92 Å². The zero-order chi connectivity index (χ0) is 14.0. The normalized spacial score (nSPS) is 16.6. The molecular weight excluding hydrogens is 270 g/mol. The summed E-state index contributed by atoms with van der Waals surface area (Å²) in [4.78, 5) is 0. The van der Waals surface area contributed by atoms with E-state index in [0.717, 1.165) is 44.9 Å². The van der Waals surface area contributed by atoms with E-state index in [0.29, 0.717) is 0 Å². The van der Waals surface area contributed by atoms with Crippen LogP contribution in [0.2, 0.25) is 0 Å². The molecule has 5 heteroatoms. The average Bonchev–Trinajstić information content (AvgIpc) is 2.91. The van der Waals surface area contributed by atoms with E-state index in [1.165, 1.54) is 42.1 Å². The highest BCUT2D eigenvalue weighted by atomic mass is 32.1. The average molecular weight is 297 g/mol. The molecule has 0 aromatic carbocycles. The molecule has 1 saturated carbocycles. The number of hydrogen-bond acceptors (Lipinski definition) is 5. The minimum Gasteiger partial charge on any atom is -0.383 e. The highest BCUT2D eigenvalue weighted by Gasteiger charge is 2.16. The van der Waals surface area contributed by atoms with Gasteiger partial charge in [0.2, 0.25) is 0 Å². The monoisotopic (exact) mass is 297 g/mol. The van der Waals surface area contributed by atoms with Crippen LogP contribution in [0.15, 0.2) is 0 Å². The van der Waals surface area contributed by atoms with Gasteiger partial charge in [0, 0.05) is 26.5 Å². The van der Waals surface area contributed by atoms with Gasteiger partial charge in [0.1, 0.15) is 10.0 Å². The second-order valence-corrected chi connectivity index (χ2v) is 6.79. The van der Waals surface area contributed by atoms with E-state index in [2.05, 4.69) is 15.5 Å². The van der Waals surface area contributed by atoms with Crippen LogP contribution in [0, 0.1) is 5.92 Å². The Hall–Kier alpha value is -0.520. The van der Waals surface area contributed by atoms with Gasteiger partial charge in [0.25, 0.3) is 0 Å². The molecule has 1 heterocycles. The molecule has 1 N–H and O–H groups in total. The maximum absolute atomic E-state index is 5.00. The molecule has 0 bridgehead atoms. The molecule has 0 atom stereocenters. The van der Waals surface area contributed by atoms with Crippen LogP contribution in [0.1, 0.15) is 48.5 Å². The molecule has 114 valence electrons. The molecule has 0 spiro atoms. The summed E-state index contributed by atoms with van der Waals surface area (Å²) in [6.45, 7) is 2.74. The number of nitrogens with one attached hydrogen (secondary N) is 1. The zero-order valence-electron chi connectivity index (χ0n) is 12.6. The maximum Gasteiger partial charge on any atom is 0.117 e. The van der Waals surface area contributed by atoms with Crippen LogP contribution in [0.4, 0.5) is 0 Å². The van der Waals surface area contributed by atoms with Gasteiger partial charge in [-0.1, -0.05) is 32.1 Å². The molecule has 1 aliphatic rings. The number of methoxy groups -OCH3 is 1. The van der Waals surface area contributed by atoms with Crippen molar-refractivity contribution in [2.45, 2.75) is 51.4 Å². The highest BCUT2D eigenvalue weighted by molar-refractivity contribution is 7.11. The predicted molar refractivity (Wildman–Crippen MR) is 83.3 cm³/mol. The smallest absolute Gasteiger partial charge is 0.117 e. The van der Waals surface area contributed by atoms with Crippen molar-refractivity contribution in [3.05, 3.63) is 10.0 Å². The Morgan fingerprint density at radius 1 is 1.15 bits per heavy atom. The Balaban J connectivity index is 1.61. The molecule has 1 aromatic rings. The lowest BCUT2D eigenvalue weighted by atomic mass is 9.87. The Labute approximate surface area is 126 Å². The summed E-state index contributed by atoms with van der Waals surface area (Å²) in [5.74, 6) is 0.861. The predicted octanol–water partition coefficient (Wildman–Crippen LogP) is 2.83. The van der Waals surface area contributed by atoms with Crippen molar-refractivity contribution in [3.8, 4) is 0 Å². The number of aromatic nitrogens is 2. The molecule has 2 rings (SSSR count). The van der Waals surface area contributed by atoms with Gasteiger partial charge >= 0.3 is 0 Å². The first-order chi connectivity index (χ1) is 9.88. The number of nitrogens with zero attached hydrogens (tertiary/aromatic N) is 2. The summed E-state index contributed by atoms with van der Waals surface area (Å²) in [7, 11) is 1.73. The summed E-state index contributed by atoms with van der Waals surface area (Å²) in [6.07, 6.45) is 10.3. The summed E-state index contributed by atoms with van der Waals surface area (Å²) in [5, 5.41) is 14.5. The van der Waals surface area contributed by atoms with Gasteiger partial charge in [0.05, 0.1) is 6.61 Å². The van der Waals surface area contributed by atoms with Crippen LogP contribution >= 0.6 is 11.3 Å². The lowest BCUT2D eigenvalue weighted by Gasteiger charge is -2.19. The van der Waals surface area contributed by atoms with Crippen LogP contribution < -0.4 is 5.32 Å². The Morgan fingerprint density at radius 2 is 1.95 bits per heavy atom. The maximum atomic E-state index is 5.00. The zero-order valence-corrected chi connectivity index (χ0v) is 13.4. The number of aryl methyl sites for hydroxylation is 1. The van der Waals surface area contributed by atoms with E-state index >= 15 is 0 Å². The summed E-state index contributed by atoms with van der Waals surface area (Å²) < 4.78 is 5.00. The third-order valence-electron chi connectivity index (χ3n) is 3.92. The van der Waals surface area contributed by atoms with Gasteiger partial charge in [-0.25, -0.2) is 0 Å². The van der Waals surface area contributed by atoms with Crippen molar-refractivity contribution in [3.63, 3.8) is 0 Å². The molecule has 0 saturated heterocycles. The first kappa shape index (κ1) is 15.9. The standard InChI is InChI=1S/C15H27N3OS/c1-19-11-10-16-9-5-8-14-17-18-15(20-14)12-13-6-3-2-4-7-13/h13,16H,2-12H2,1H3. The third kappa shape index (κ3) is 5.85. The summed E-state index contributed by atoms with van der Waals surface area (Å²) >= 11 is 1.82. The third-order valence-corrected chi connectivity index (χ3v) is 4.93. The van der Waals surface area contributed by atoms with Crippen molar-refractivity contribution in [1.29, 1.82) is 0 Å². The summed E-state index contributed by atoms with van der Waals surface area (Å²) in [6, 6.07) is 0. The second kappa shape index (κ2) is 9.42. The van der Waals surface area contributed by atoms with Crippen LogP contribution in [-0.4, -0.2) is 37.0 Å². The minimum atomic E-state index is 0.782. The molecule has 0 aliphatic heterocycles. The molecule has 1 fully saturated rings. The molecule has 20 heavy (non-hydrogen) atoms. The molecular formula is C15H27N3OS. The minimum absolute atomic E-state index is 0.782. The SMILES string of the molecule is COCCNCCCc1nnc(CC2CCCCC2)s1. The first-order valence-corrected chi connectivity index (χ1v) is 8.71. The van der Waals surface area contributed by atoms with E-state index in [4.69, 9.17) is 4.74 Å². The van der Waals surface area contributed by atoms with Crippen molar-refractivity contribution >= 4 is 11.3 Å². The Morgan fingerprint density at radius 3 is 2.75 bits per heavy atom. The second-order valence-electron chi connectivity index (χ2n) is 5.64. The lowest BCUT2D eigenvalue weighted by Crippen LogP contribution is -2.20. The van der Waals surface area contributed by atoms with Crippen LogP contribution in [-0.2, 0) is 17.6 Å². The molecule has 0 radical (unpaired) electrons. The Bertz CT molecular complexity index is 364. The van der Waals surface area contributed by atoms with Gasteiger partial charge in [-0.3, -0.25) is 0 Å². The quantitative estimate of drug-likeness (QED) is 0.712. The van der Waals surface area contributed by atoms with Crippen molar-refractivity contribution < 1.29 is 4.74 Å². The lowest BCUT2D eigenvalue weighted by molar-refractivity contribution is 0.199. The Kier molecular flexibility index (Phi) is 7.47. The van der Waals surface area contributed by atoms with E-state index in [-0.39, 0.29) is 0 Å². The van der Waals surface area contributed by atoms with Crippen molar-refractivity contribution in [2.75, 3.05) is 26.8 Å². The molecule has 0 unspecified atom stereocenters. The van der Waals surface area contributed by atoms with Gasteiger partial charge < -0.3 is 10.1 Å². The topological polar surface area (TPSA) is 47.0 Å². The first-order valence-electron chi connectivity index (χ1n) is 7.89. The number of hydrogen-bond donors (Lipinski definition) is 1. The molecule has 1 aromatic heterocycles. The molecule has 0 amide bonds. The van der Waals surface area contributed by atoms with Gasteiger partial charge in [-0.2, -0.15) is 0 Å². The fraction of sp³-hybridized carbons (Fsp3) is 0.867. The van der Waals surface area contributed by atoms with Crippen LogP contribution in [0.3, 0.4) is 0 Å². The molecule has 4 nitrogen and oxygen atoms in total. The number of ether oxygens (including phenoxy) is 1.